The molecular formula is C45H76N12O13. The highest BCUT2D eigenvalue weighted by molar-refractivity contribution is 5.98. The molecule has 0 saturated heterocycles. The molecule has 0 aliphatic rings. The van der Waals surface area contributed by atoms with Crippen molar-refractivity contribution in [3.63, 3.8) is 0 Å². The van der Waals surface area contributed by atoms with Crippen molar-refractivity contribution in [1.82, 2.24) is 42.5 Å². The van der Waals surface area contributed by atoms with E-state index in [1.807, 2.05) is 0 Å². The molecular weight excluding hydrogens is 917 g/mol. The van der Waals surface area contributed by atoms with Gasteiger partial charge >= 0.3 is 5.97 Å². The molecule has 25 heteroatoms. The molecule has 0 aliphatic carbocycles. The van der Waals surface area contributed by atoms with Gasteiger partial charge in [0.25, 0.3) is 0 Å². The smallest absolute Gasteiger partial charge is 0.326 e. The molecule has 0 aliphatic heterocycles. The van der Waals surface area contributed by atoms with Crippen molar-refractivity contribution in [2.24, 2.45) is 45.9 Å². The number of carboxylic acids is 1. The molecule has 0 fully saturated rings. The molecule has 0 heterocycles. The minimum absolute atomic E-state index is 0.0440. The predicted octanol–water partition coefficient (Wildman–Crippen LogP) is -4.44. The summed E-state index contributed by atoms with van der Waals surface area (Å²) in [7, 11) is 0. The molecule has 70 heavy (non-hydrogen) atoms. The summed E-state index contributed by atoms with van der Waals surface area (Å²) in [6.07, 6.45) is 0.280. The van der Waals surface area contributed by atoms with Crippen molar-refractivity contribution >= 4 is 59.2 Å². The summed E-state index contributed by atoms with van der Waals surface area (Å²) in [5, 5.41) is 59.4. The number of hydrogen-bond donors (Lipinski definition) is 15. The molecule has 18 N–H and O–H groups in total. The van der Waals surface area contributed by atoms with Gasteiger partial charge in [0, 0.05) is 13.0 Å². The number of aliphatic hydroxyl groups is 3. The van der Waals surface area contributed by atoms with E-state index < -0.39 is 151 Å². The maximum absolute atomic E-state index is 13.9. The highest BCUT2D eigenvalue weighted by atomic mass is 16.4. The van der Waals surface area contributed by atoms with Crippen LogP contribution in [-0.4, -0.2) is 160 Å². The first-order chi connectivity index (χ1) is 32.8. The summed E-state index contributed by atoms with van der Waals surface area (Å²) in [4.78, 5) is 124. The number of hydrogen-bond acceptors (Lipinski definition) is 14. The van der Waals surface area contributed by atoms with Crippen molar-refractivity contribution in [3.05, 3.63) is 35.9 Å². The Hall–Kier alpha value is -6.44. The van der Waals surface area contributed by atoms with Gasteiger partial charge in [-0.2, -0.15) is 0 Å². The maximum Gasteiger partial charge on any atom is 0.326 e. The summed E-state index contributed by atoms with van der Waals surface area (Å²) in [6.45, 7) is 10.4. The van der Waals surface area contributed by atoms with Gasteiger partial charge in [0.2, 0.25) is 47.3 Å². The lowest BCUT2D eigenvalue weighted by atomic mass is 9.96. The van der Waals surface area contributed by atoms with Crippen LogP contribution < -0.4 is 59.7 Å². The number of guanidine groups is 1. The second kappa shape index (κ2) is 30.9. The van der Waals surface area contributed by atoms with Gasteiger partial charge in [0.15, 0.2) is 5.96 Å². The summed E-state index contributed by atoms with van der Waals surface area (Å²) in [5.41, 5.74) is 17.0. The van der Waals surface area contributed by atoms with Gasteiger partial charge in [-0.15, -0.1) is 0 Å². The average molecular weight is 993 g/mol. The van der Waals surface area contributed by atoms with E-state index >= 15 is 0 Å². The number of benzene rings is 1. The lowest BCUT2D eigenvalue weighted by molar-refractivity contribution is -0.142. The van der Waals surface area contributed by atoms with E-state index in [-0.39, 0.29) is 31.8 Å². The number of carbonyl (C=O) groups is 9. The Bertz CT molecular complexity index is 1930. The van der Waals surface area contributed by atoms with E-state index in [9.17, 15) is 63.6 Å². The van der Waals surface area contributed by atoms with Crippen molar-refractivity contribution < 1.29 is 63.6 Å². The summed E-state index contributed by atoms with van der Waals surface area (Å²) in [6, 6.07) is -4.09. The summed E-state index contributed by atoms with van der Waals surface area (Å²) < 4.78 is 0. The van der Waals surface area contributed by atoms with Crippen molar-refractivity contribution in [1.29, 1.82) is 0 Å². The quantitative estimate of drug-likeness (QED) is 0.0190. The molecule has 10 atom stereocenters. The van der Waals surface area contributed by atoms with Crippen LogP contribution >= 0.6 is 0 Å². The van der Waals surface area contributed by atoms with Crippen LogP contribution in [0.4, 0.5) is 0 Å². The van der Waals surface area contributed by atoms with Crippen LogP contribution in [0.25, 0.3) is 0 Å². The van der Waals surface area contributed by atoms with E-state index in [0.717, 1.165) is 0 Å². The molecule has 25 nitrogen and oxygen atoms in total. The Kier molecular flexibility index (Phi) is 27.2. The molecule has 8 amide bonds. The minimum Gasteiger partial charge on any atom is -0.480 e. The third-order valence-electron chi connectivity index (χ3n) is 11.2. The molecule has 1 aromatic carbocycles. The van der Waals surface area contributed by atoms with E-state index in [1.165, 1.54) is 0 Å². The predicted molar refractivity (Wildman–Crippen MR) is 256 cm³/mol. The zero-order valence-corrected chi connectivity index (χ0v) is 41.2. The number of carbonyl (C=O) groups excluding carboxylic acids is 8. The molecule has 0 unspecified atom stereocenters. The SMILES string of the molecule is CC[C@H](C)[C@H](NC(=O)[C@@H](NC(=O)[C@H](CO)NC(=O)[C@@H](NC(=O)[C@@H](NC(=O)[C@@H](N)CO)C(C)C)C(C)C)C(C)C)C(=O)N[C@@H](CO)C(=O)N[C@@H](CCCN=C(N)N)C(=O)N[C@@H](Cc1ccccc1)C(=O)O. The number of carboxylic acid groups (broad SMARTS) is 1. The Morgan fingerprint density at radius 1 is 0.529 bits per heavy atom. The molecule has 0 saturated carbocycles. The number of amides is 8. The molecule has 394 valence electrons. The fourth-order valence-electron chi connectivity index (χ4n) is 6.67. The number of aliphatic carboxylic acids is 1. The third kappa shape index (κ3) is 20.7. The average Bonchev–Trinajstić information content (AvgIpc) is 3.30. The standard InChI is InChI=1S/C45H76N12O13/c1-9-25(8)35(43(68)53-30(20-59)38(63)50-28(16-13-17-49-45(47)48)37(62)51-29(44(69)70)18-26-14-11-10-12-15-26)57-42(67)34(24(6)7)55-39(64)31(21-60)52-40(65)32(22(2)3)56-41(66)33(23(4)5)54-36(61)27(46)19-58/h10-12,14-15,22-25,27-35,58-60H,9,13,16-21,46H2,1-8H3,(H,50,63)(H,51,62)(H,52,65)(H,53,68)(H,54,61)(H,55,64)(H,56,66)(H,57,67)(H,69,70)(H4,47,48,49)/t25-,27-,28-,29-,30-,31-,32-,33-,34-,35-/m0/s1. The highest BCUT2D eigenvalue weighted by Gasteiger charge is 2.37. The van der Waals surface area contributed by atoms with Gasteiger partial charge in [0.05, 0.1) is 19.8 Å². The Morgan fingerprint density at radius 3 is 1.34 bits per heavy atom. The summed E-state index contributed by atoms with van der Waals surface area (Å²) >= 11 is 0. The number of nitrogens with one attached hydrogen (secondary N) is 8. The zero-order chi connectivity index (χ0) is 53.4. The van der Waals surface area contributed by atoms with Crippen LogP contribution in [0.1, 0.15) is 80.2 Å². The third-order valence-corrected chi connectivity index (χ3v) is 11.2. The second-order valence-electron chi connectivity index (χ2n) is 17.9. The zero-order valence-electron chi connectivity index (χ0n) is 41.2. The minimum atomic E-state index is -1.68. The molecule has 0 spiro atoms. The normalized spacial score (nSPS) is 15.5. The first-order valence-corrected chi connectivity index (χ1v) is 23.2. The van der Waals surface area contributed by atoms with Crippen LogP contribution in [0.2, 0.25) is 0 Å². The van der Waals surface area contributed by atoms with E-state index in [0.29, 0.717) is 12.0 Å². The van der Waals surface area contributed by atoms with Crippen molar-refractivity contribution in [2.75, 3.05) is 26.4 Å². The first-order valence-electron chi connectivity index (χ1n) is 23.2. The number of aliphatic imine (C=N–C) groups is 1. The molecule has 0 aromatic heterocycles. The first kappa shape index (κ1) is 61.6. The molecule has 0 bridgehead atoms. The lowest BCUT2D eigenvalue weighted by Gasteiger charge is -2.30. The number of nitrogens with two attached hydrogens (primary N) is 3. The Morgan fingerprint density at radius 2 is 0.914 bits per heavy atom. The van der Waals surface area contributed by atoms with Crippen molar-refractivity contribution in [3.8, 4) is 0 Å². The monoisotopic (exact) mass is 993 g/mol. The Balaban J connectivity index is 3.25. The van der Waals surface area contributed by atoms with Crippen LogP contribution in [0, 0.1) is 23.7 Å². The van der Waals surface area contributed by atoms with E-state index in [2.05, 4.69) is 47.5 Å². The van der Waals surface area contributed by atoms with E-state index in [1.54, 1.807) is 85.7 Å². The van der Waals surface area contributed by atoms with Crippen LogP contribution in [0.5, 0.6) is 0 Å². The van der Waals surface area contributed by atoms with Gasteiger partial charge in [0.1, 0.15) is 54.4 Å². The molecule has 1 rings (SSSR count). The topological polar surface area (TPSA) is 421 Å². The van der Waals surface area contributed by atoms with Crippen LogP contribution in [0.15, 0.2) is 35.3 Å². The van der Waals surface area contributed by atoms with Gasteiger partial charge in [-0.05, 0) is 42.1 Å². The number of rotatable bonds is 31. The maximum atomic E-state index is 13.9. The van der Waals surface area contributed by atoms with Gasteiger partial charge in [-0.1, -0.05) is 92.1 Å². The van der Waals surface area contributed by atoms with Crippen LogP contribution in [-0.2, 0) is 49.6 Å². The fourth-order valence-corrected chi connectivity index (χ4v) is 6.67. The van der Waals surface area contributed by atoms with Crippen molar-refractivity contribution in [2.45, 2.75) is 135 Å². The molecule has 1 aromatic rings. The largest absolute Gasteiger partial charge is 0.480 e. The van der Waals surface area contributed by atoms with Crippen LogP contribution in [0.3, 0.4) is 0 Å². The molecule has 0 radical (unpaired) electrons. The lowest BCUT2D eigenvalue weighted by Crippen LogP contribution is -2.63. The van der Waals surface area contributed by atoms with E-state index in [4.69, 9.17) is 17.2 Å². The van der Waals surface area contributed by atoms with Gasteiger partial charge in [-0.3, -0.25) is 43.3 Å². The number of aliphatic hydroxyl groups excluding tert-OH is 3. The summed E-state index contributed by atoms with van der Waals surface area (Å²) in [5.74, 6) is -11.0. The highest BCUT2D eigenvalue weighted by Crippen LogP contribution is 2.13. The fraction of sp³-hybridized carbons (Fsp3) is 0.644. The van der Waals surface area contributed by atoms with Gasteiger partial charge < -0.3 is 80.2 Å². The second-order valence-corrected chi connectivity index (χ2v) is 17.9. The van der Waals surface area contributed by atoms with Gasteiger partial charge in [-0.25, -0.2) is 4.79 Å². The Labute approximate surface area is 408 Å². The number of nitrogens with zero attached hydrogens (tertiary/aromatic N) is 1.